The van der Waals surface area contributed by atoms with Crippen molar-refractivity contribution in [3.05, 3.63) is 91.9 Å². The molecule has 1 atom stereocenters. The van der Waals surface area contributed by atoms with Crippen molar-refractivity contribution >= 4 is 11.6 Å². The third-order valence-electron chi connectivity index (χ3n) is 6.07. The van der Waals surface area contributed by atoms with Crippen LogP contribution < -0.4 is 15.5 Å². The van der Waals surface area contributed by atoms with Crippen LogP contribution >= 0.6 is 0 Å². The number of hydrogen-bond donors (Lipinski definition) is 1. The summed E-state index contributed by atoms with van der Waals surface area (Å²) >= 11 is 0. The van der Waals surface area contributed by atoms with Gasteiger partial charge in [-0.2, -0.15) is 5.10 Å². The summed E-state index contributed by atoms with van der Waals surface area (Å²) < 4.78 is 12.0. The number of methoxy groups -OCH3 is 1. The minimum absolute atomic E-state index is 0.161. The molecular formula is C25H27N5O6. The van der Waals surface area contributed by atoms with Crippen molar-refractivity contribution in [1.29, 1.82) is 0 Å². The van der Waals surface area contributed by atoms with Crippen molar-refractivity contribution in [3.8, 4) is 11.4 Å². The van der Waals surface area contributed by atoms with Gasteiger partial charge in [0, 0.05) is 37.5 Å². The SMILES string of the molecule is COc1ccc(C(CNC(=O)c2nn(-c3ccccc3[N+](=O)[O-])c(C)cc2=O)N2CCOCC2)cc1. The molecule has 1 N–H and O–H groups in total. The van der Waals surface area contributed by atoms with Crippen LogP contribution in [0.1, 0.15) is 27.8 Å². The zero-order valence-corrected chi connectivity index (χ0v) is 20.0. The number of amides is 1. The van der Waals surface area contributed by atoms with Crippen LogP contribution in [0, 0.1) is 17.0 Å². The van der Waals surface area contributed by atoms with Gasteiger partial charge in [0.25, 0.3) is 11.6 Å². The smallest absolute Gasteiger partial charge is 0.294 e. The highest BCUT2D eigenvalue weighted by atomic mass is 16.6. The molecule has 2 heterocycles. The summed E-state index contributed by atoms with van der Waals surface area (Å²) in [4.78, 5) is 38.9. The molecule has 1 saturated heterocycles. The van der Waals surface area contributed by atoms with Crippen molar-refractivity contribution in [2.45, 2.75) is 13.0 Å². The second-order valence-corrected chi connectivity index (χ2v) is 8.30. The normalized spacial score (nSPS) is 14.7. The Morgan fingerprint density at radius 2 is 1.89 bits per heavy atom. The summed E-state index contributed by atoms with van der Waals surface area (Å²) in [5.74, 6) is 0.0713. The molecule has 0 saturated carbocycles. The number of rotatable bonds is 8. The van der Waals surface area contributed by atoms with E-state index < -0.39 is 16.3 Å². The Morgan fingerprint density at radius 3 is 2.56 bits per heavy atom. The van der Waals surface area contributed by atoms with Crippen molar-refractivity contribution in [2.24, 2.45) is 0 Å². The zero-order valence-electron chi connectivity index (χ0n) is 20.0. The topological polar surface area (TPSA) is 129 Å². The molecule has 188 valence electrons. The van der Waals surface area contributed by atoms with Gasteiger partial charge in [-0.1, -0.05) is 24.3 Å². The number of nitrogens with zero attached hydrogens (tertiary/aromatic N) is 4. The molecule has 1 aromatic heterocycles. The van der Waals surface area contributed by atoms with E-state index in [1.807, 2.05) is 24.3 Å². The number of para-hydroxylation sites is 2. The van der Waals surface area contributed by atoms with E-state index in [9.17, 15) is 19.7 Å². The van der Waals surface area contributed by atoms with Gasteiger partial charge in [0.1, 0.15) is 11.4 Å². The molecule has 1 aliphatic heterocycles. The molecule has 4 rings (SSSR count). The second-order valence-electron chi connectivity index (χ2n) is 8.30. The molecule has 1 fully saturated rings. The first kappa shape index (κ1) is 25.0. The third kappa shape index (κ3) is 5.42. The number of ether oxygens (including phenoxy) is 2. The van der Waals surface area contributed by atoms with E-state index in [1.165, 1.54) is 28.9 Å². The number of nitro groups is 1. The zero-order chi connectivity index (χ0) is 25.7. The fourth-order valence-corrected chi connectivity index (χ4v) is 4.19. The predicted molar refractivity (Wildman–Crippen MR) is 132 cm³/mol. The number of aryl methyl sites for hydroxylation is 1. The highest BCUT2D eigenvalue weighted by Gasteiger charge is 2.25. The summed E-state index contributed by atoms with van der Waals surface area (Å²) in [7, 11) is 1.60. The van der Waals surface area contributed by atoms with E-state index in [1.54, 1.807) is 20.1 Å². The van der Waals surface area contributed by atoms with Crippen LogP contribution in [0.4, 0.5) is 5.69 Å². The maximum atomic E-state index is 13.1. The molecule has 1 amide bonds. The van der Waals surface area contributed by atoms with Crippen LogP contribution in [-0.2, 0) is 4.74 Å². The Hall–Kier alpha value is -4.09. The molecular weight excluding hydrogens is 466 g/mol. The van der Waals surface area contributed by atoms with E-state index >= 15 is 0 Å². The van der Waals surface area contributed by atoms with Gasteiger partial charge in [0.05, 0.1) is 31.3 Å². The first-order valence-corrected chi connectivity index (χ1v) is 11.5. The summed E-state index contributed by atoms with van der Waals surface area (Å²) in [5.41, 5.74) is 0.428. The summed E-state index contributed by atoms with van der Waals surface area (Å²) in [6.45, 7) is 4.39. The molecule has 1 aliphatic rings. The van der Waals surface area contributed by atoms with Crippen LogP contribution in [0.15, 0.2) is 59.4 Å². The Morgan fingerprint density at radius 1 is 1.19 bits per heavy atom. The van der Waals surface area contributed by atoms with E-state index in [2.05, 4.69) is 15.3 Å². The molecule has 0 spiro atoms. The van der Waals surface area contributed by atoms with Gasteiger partial charge < -0.3 is 14.8 Å². The first-order valence-electron chi connectivity index (χ1n) is 11.5. The number of aromatic nitrogens is 2. The molecule has 0 radical (unpaired) electrons. The van der Waals surface area contributed by atoms with Crippen molar-refractivity contribution in [1.82, 2.24) is 20.0 Å². The van der Waals surface area contributed by atoms with Gasteiger partial charge in [-0.05, 0) is 30.7 Å². The highest BCUT2D eigenvalue weighted by Crippen LogP contribution is 2.24. The number of benzene rings is 2. The fraction of sp³-hybridized carbons (Fsp3) is 0.320. The third-order valence-corrected chi connectivity index (χ3v) is 6.07. The molecule has 3 aromatic rings. The summed E-state index contributed by atoms with van der Waals surface area (Å²) in [6.07, 6.45) is 0. The Balaban J connectivity index is 1.61. The summed E-state index contributed by atoms with van der Waals surface area (Å²) in [5, 5.41) is 18.5. The van der Waals surface area contributed by atoms with Gasteiger partial charge >= 0.3 is 0 Å². The minimum Gasteiger partial charge on any atom is -0.497 e. The van der Waals surface area contributed by atoms with Gasteiger partial charge in [-0.25, -0.2) is 4.68 Å². The Labute approximate surface area is 207 Å². The van der Waals surface area contributed by atoms with Crippen LogP contribution in [0.2, 0.25) is 0 Å². The standard InChI is InChI=1S/C25H27N5O6/c1-17-15-23(31)24(27-29(17)20-5-3-4-6-21(20)30(33)34)25(32)26-16-22(28-11-13-36-14-12-28)18-7-9-19(35-2)10-8-18/h3-10,15,22H,11-14,16H2,1-2H3,(H,26,32). The molecule has 0 bridgehead atoms. The quantitative estimate of drug-likeness (QED) is 0.374. The maximum Gasteiger partial charge on any atom is 0.294 e. The average Bonchev–Trinajstić information content (AvgIpc) is 2.89. The predicted octanol–water partition coefficient (Wildman–Crippen LogP) is 2.26. The van der Waals surface area contributed by atoms with Crippen molar-refractivity contribution in [3.63, 3.8) is 0 Å². The van der Waals surface area contributed by atoms with Crippen LogP contribution in [0.3, 0.4) is 0 Å². The summed E-state index contributed by atoms with van der Waals surface area (Å²) in [6, 6.07) is 14.7. The number of morpholine rings is 1. The van der Waals surface area contributed by atoms with Crippen LogP contribution in [0.5, 0.6) is 5.75 Å². The molecule has 0 aliphatic carbocycles. The number of nitrogens with one attached hydrogen (secondary N) is 1. The number of nitro benzene ring substituents is 1. The Bertz CT molecular complexity index is 1300. The van der Waals surface area contributed by atoms with Crippen molar-refractivity contribution in [2.75, 3.05) is 40.0 Å². The largest absolute Gasteiger partial charge is 0.497 e. The lowest BCUT2D eigenvalue weighted by atomic mass is 10.0. The monoisotopic (exact) mass is 493 g/mol. The molecule has 36 heavy (non-hydrogen) atoms. The van der Waals surface area contributed by atoms with E-state index in [0.29, 0.717) is 32.0 Å². The highest BCUT2D eigenvalue weighted by molar-refractivity contribution is 5.92. The fourth-order valence-electron chi connectivity index (χ4n) is 4.19. The van der Waals surface area contributed by atoms with Crippen LogP contribution in [0.25, 0.3) is 5.69 Å². The molecule has 11 heteroatoms. The number of carbonyl (C=O) groups is 1. The van der Waals surface area contributed by atoms with E-state index in [-0.39, 0.29) is 29.7 Å². The first-order chi connectivity index (χ1) is 17.4. The lowest BCUT2D eigenvalue weighted by molar-refractivity contribution is -0.384. The van der Waals surface area contributed by atoms with Gasteiger partial charge in [0.15, 0.2) is 5.69 Å². The van der Waals surface area contributed by atoms with E-state index in [0.717, 1.165) is 11.3 Å². The second kappa shape index (κ2) is 11.1. The average molecular weight is 494 g/mol. The van der Waals surface area contributed by atoms with Crippen molar-refractivity contribution < 1.29 is 19.2 Å². The van der Waals surface area contributed by atoms with Crippen LogP contribution in [-0.4, -0.2) is 65.5 Å². The number of hydrogen-bond acceptors (Lipinski definition) is 8. The minimum atomic E-state index is -0.654. The maximum absolute atomic E-state index is 13.1. The Kier molecular flexibility index (Phi) is 7.71. The van der Waals surface area contributed by atoms with Gasteiger partial charge in [-0.15, -0.1) is 0 Å². The van der Waals surface area contributed by atoms with E-state index in [4.69, 9.17) is 9.47 Å². The lowest BCUT2D eigenvalue weighted by Crippen LogP contribution is -2.44. The molecule has 1 unspecified atom stereocenters. The molecule has 2 aromatic carbocycles. The lowest BCUT2D eigenvalue weighted by Gasteiger charge is -2.35. The van der Waals surface area contributed by atoms with Gasteiger partial charge in [0.2, 0.25) is 5.43 Å². The number of carbonyl (C=O) groups excluding carboxylic acids is 1. The van der Waals surface area contributed by atoms with Gasteiger partial charge in [-0.3, -0.25) is 24.6 Å². The molecule has 11 nitrogen and oxygen atoms in total.